The SMILES string of the molecule is Cn1cc(N)c(Nc2ccsc2)n1. The van der Waals surface area contributed by atoms with E-state index in [2.05, 4.69) is 10.4 Å². The Morgan fingerprint density at radius 3 is 3.00 bits per heavy atom. The lowest BCUT2D eigenvalue weighted by atomic mass is 10.4. The average Bonchev–Trinajstić information content (AvgIpc) is 2.63. The lowest BCUT2D eigenvalue weighted by Crippen LogP contribution is -1.94. The number of hydrogen-bond donors (Lipinski definition) is 2. The highest BCUT2D eigenvalue weighted by Gasteiger charge is 2.03. The van der Waals surface area contributed by atoms with Crippen molar-refractivity contribution in [3.05, 3.63) is 23.0 Å². The summed E-state index contributed by atoms with van der Waals surface area (Å²) in [4.78, 5) is 0. The summed E-state index contributed by atoms with van der Waals surface area (Å²) in [5.41, 5.74) is 7.40. The molecule has 0 amide bonds. The number of thiophene rings is 1. The van der Waals surface area contributed by atoms with E-state index in [0.29, 0.717) is 11.5 Å². The summed E-state index contributed by atoms with van der Waals surface area (Å²) in [7, 11) is 1.84. The lowest BCUT2D eigenvalue weighted by molar-refractivity contribution is 0.771. The van der Waals surface area contributed by atoms with E-state index in [1.807, 2.05) is 23.9 Å². The first-order valence-electron chi connectivity index (χ1n) is 3.84. The van der Waals surface area contributed by atoms with Crippen LogP contribution in [0.1, 0.15) is 0 Å². The average molecular weight is 194 g/mol. The smallest absolute Gasteiger partial charge is 0.175 e. The molecule has 0 saturated carbocycles. The fourth-order valence-corrected chi connectivity index (χ4v) is 1.66. The van der Waals surface area contributed by atoms with Crippen LogP contribution in [0.25, 0.3) is 0 Å². The Labute approximate surface area is 80.0 Å². The molecule has 0 atom stereocenters. The summed E-state index contributed by atoms with van der Waals surface area (Å²) < 4.78 is 1.68. The zero-order chi connectivity index (χ0) is 9.26. The molecular weight excluding hydrogens is 184 g/mol. The standard InChI is InChI=1S/C8H10N4S/c1-12-4-7(9)8(11-12)10-6-2-3-13-5-6/h2-5H,9H2,1H3,(H,10,11). The van der Waals surface area contributed by atoms with E-state index in [0.717, 1.165) is 5.69 Å². The van der Waals surface area contributed by atoms with Gasteiger partial charge in [-0.15, -0.1) is 0 Å². The summed E-state index contributed by atoms with van der Waals surface area (Å²) in [6, 6.07) is 1.98. The van der Waals surface area contributed by atoms with E-state index < -0.39 is 0 Å². The van der Waals surface area contributed by atoms with E-state index in [4.69, 9.17) is 5.73 Å². The van der Waals surface area contributed by atoms with Gasteiger partial charge in [0.05, 0.1) is 11.4 Å². The van der Waals surface area contributed by atoms with Gasteiger partial charge in [-0.3, -0.25) is 4.68 Å². The van der Waals surface area contributed by atoms with Crippen molar-refractivity contribution in [1.29, 1.82) is 0 Å². The monoisotopic (exact) mass is 194 g/mol. The maximum Gasteiger partial charge on any atom is 0.175 e. The van der Waals surface area contributed by atoms with E-state index in [1.165, 1.54) is 0 Å². The Morgan fingerprint density at radius 2 is 2.46 bits per heavy atom. The molecule has 0 fully saturated rings. The molecule has 2 aromatic rings. The minimum absolute atomic E-state index is 0.661. The van der Waals surface area contributed by atoms with Crippen molar-refractivity contribution in [3.8, 4) is 0 Å². The van der Waals surface area contributed by atoms with Crippen LogP contribution >= 0.6 is 11.3 Å². The molecule has 4 nitrogen and oxygen atoms in total. The Hall–Kier alpha value is -1.49. The van der Waals surface area contributed by atoms with Gasteiger partial charge in [0.1, 0.15) is 0 Å². The molecule has 2 rings (SSSR count). The highest BCUT2D eigenvalue weighted by molar-refractivity contribution is 7.08. The van der Waals surface area contributed by atoms with E-state index in [9.17, 15) is 0 Å². The number of nitrogens with two attached hydrogens (primary N) is 1. The second kappa shape index (κ2) is 3.10. The van der Waals surface area contributed by atoms with Crippen LogP contribution in [-0.2, 0) is 7.05 Å². The molecule has 68 valence electrons. The van der Waals surface area contributed by atoms with Gasteiger partial charge in [0.15, 0.2) is 5.82 Å². The Morgan fingerprint density at radius 1 is 1.62 bits per heavy atom. The predicted octanol–water partition coefficient (Wildman–Crippen LogP) is 1.81. The van der Waals surface area contributed by atoms with E-state index in [1.54, 1.807) is 22.2 Å². The van der Waals surface area contributed by atoms with Crippen LogP contribution in [0.4, 0.5) is 17.2 Å². The fourth-order valence-electron chi connectivity index (χ4n) is 1.08. The van der Waals surface area contributed by atoms with Crippen LogP contribution in [0.2, 0.25) is 0 Å². The maximum absolute atomic E-state index is 5.72. The van der Waals surface area contributed by atoms with E-state index in [-0.39, 0.29) is 0 Å². The molecule has 13 heavy (non-hydrogen) atoms. The van der Waals surface area contributed by atoms with Crippen molar-refractivity contribution in [2.45, 2.75) is 0 Å². The number of rotatable bonds is 2. The number of nitrogens with zero attached hydrogens (tertiary/aromatic N) is 2. The van der Waals surface area contributed by atoms with Gasteiger partial charge < -0.3 is 11.1 Å². The third-order valence-electron chi connectivity index (χ3n) is 1.64. The lowest BCUT2D eigenvalue weighted by Gasteiger charge is -1.98. The van der Waals surface area contributed by atoms with Crippen LogP contribution in [0.3, 0.4) is 0 Å². The summed E-state index contributed by atoms with van der Waals surface area (Å²) in [5.74, 6) is 0.709. The van der Waals surface area contributed by atoms with Crippen LogP contribution in [0.15, 0.2) is 23.0 Å². The minimum atomic E-state index is 0.661. The summed E-state index contributed by atoms with van der Waals surface area (Å²) >= 11 is 1.63. The van der Waals surface area contributed by atoms with Crippen LogP contribution in [0, 0.1) is 0 Å². The number of aromatic nitrogens is 2. The predicted molar refractivity (Wildman–Crippen MR) is 55.2 cm³/mol. The number of nitrogens with one attached hydrogen (secondary N) is 1. The Kier molecular flexibility index (Phi) is 1.94. The number of nitrogen functional groups attached to an aromatic ring is 1. The zero-order valence-corrected chi connectivity index (χ0v) is 8.01. The van der Waals surface area contributed by atoms with Gasteiger partial charge >= 0.3 is 0 Å². The van der Waals surface area contributed by atoms with Gasteiger partial charge in [-0.05, 0) is 11.4 Å². The number of hydrogen-bond acceptors (Lipinski definition) is 4. The largest absolute Gasteiger partial charge is 0.394 e. The molecule has 0 aromatic carbocycles. The Bertz CT molecular complexity index is 390. The fraction of sp³-hybridized carbons (Fsp3) is 0.125. The summed E-state index contributed by atoms with van der Waals surface area (Å²) in [6.07, 6.45) is 1.77. The van der Waals surface area contributed by atoms with Gasteiger partial charge in [0.2, 0.25) is 0 Å². The molecule has 2 aromatic heterocycles. The molecule has 2 heterocycles. The number of aryl methyl sites for hydroxylation is 1. The Balaban J connectivity index is 2.23. The summed E-state index contributed by atoms with van der Waals surface area (Å²) in [6.45, 7) is 0. The van der Waals surface area contributed by atoms with Crippen molar-refractivity contribution in [1.82, 2.24) is 9.78 Å². The van der Waals surface area contributed by atoms with Gasteiger partial charge in [-0.25, -0.2) is 0 Å². The van der Waals surface area contributed by atoms with Crippen molar-refractivity contribution in [3.63, 3.8) is 0 Å². The topological polar surface area (TPSA) is 55.9 Å². The third kappa shape index (κ3) is 1.65. The van der Waals surface area contributed by atoms with Crippen molar-refractivity contribution in [2.75, 3.05) is 11.1 Å². The van der Waals surface area contributed by atoms with Gasteiger partial charge in [0, 0.05) is 18.6 Å². The molecule has 0 saturated heterocycles. The van der Waals surface area contributed by atoms with Crippen molar-refractivity contribution >= 4 is 28.5 Å². The number of anilines is 3. The molecule has 3 N–H and O–H groups in total. The second-order valence-corrected chi connectivity index (χ2v) is 3.52. The normalized spacial score (nSPS) is 10.2. The van der Waals surface area contributed by atoms with Crippen LogP contribution in [-0.4, -0.2) is 9.78 Å². The second-order valence-electron chi connectivity index (χ2n) is 2.74. The molecule has 0 radical (unpaired) electrons. The quantitative estimate of drug-likeness (QED) is 0.766. The van der Waals surface area contributed by atoms with Crippen molar-refractivity contribution < 1.29 is 0 Å². The van der Waals surface area contributed by atoms with Crippen LogP contribution in [0.5, 0.6) is 0 Å². The maximum atomic E-state index is 5.72. The molecule has 0 bridgehead atoms. The van der Waals surface area contributed by atoms with Gasteiger partial charge in [-0.2, -0.15) is 16.4 Å². The molecule has 0 spiro atoms. The van der Waals surface area contributed by atoms with E-state index >= 15 is 0 Å². The summed E-state index contributed by atoms with van der Waals surface area (Å²) in [5, 5.41) is 11.3. The zero-order valence-electron chi connectivity index (χ0n) is 7.19. The molecule has 0 aliphatic carbocycles. The highest BCUT2D eigenvalue weighted by Crippen LogP contribution is 2.21. The first kappa shape index (κ1) is 8.12. The first-order valence-corrected chi connectivity index (χ1v) is 4.78. The van der Waals surface area contributed by atoms with Gasteiger partial charge in [-0.1, -0.05) is 0 Å². The first-order chi connectivity index (χ1) is 6.25. The highest BCUT2D eigenvalue weighted by atomic mass is 32.1. The molecular formula is C8H10N4S. The minimum Gasteiger partial charge on any atom is -0.394 e. The van der Waals surface area contributed by atoms with Gasteiger partial charge in [0.25, 0.3) is 0 Å². The van der Waals surface area contributed by atoms with Crippen LogP contribution < -0.4 is 11.1 Å². The molecule has 0 unspecified atom stereocenters. The third-order valence-corrected chi connectivity index (χ3v) is 2.32. The molecule has 0 aliphatic rings. The molecule has 5 heteroatoms. The van der Waals surface area contributed by atoms with Crippen molar-refractivity contribution in [2.24, 2.45) is 7.05 Å². The molecule has 0 aliphatic heterocycles.